The lowest BCUT2D eigenvalue weighted by atomic mass is 9.89. The van der Waals surface area contributed by atoms with Gasteiger partial charge in [0.25, 0.3) is 5.78 Å². The van der Waals surface area contributed by atoms with Gasteiger partial charge in [-0.25, -0.2) is 9.50 Å². The van der Waals surface area contributed by atoms with Crippen molar-refractivity contribution in [2.24, 2.45) is 5.41 Å². The summed E-state index contributed by atoms with van der Waals surface area (Å²) in [6, 6.07) is 1.91. The van der Waals surface area contributed by atoms with E-state index < -0.39 is 6.10 Å². The second kappa shape index (κ2) is 6.00. The van der Waals surface area contributed by atoms with Crippen LogP contribution < -0.4 is 5.32 Å². The van der Waals surface area contributed by atoms with E-state index in [4.69, 9.17) is 0 Å². The Morgan fingerprint density at radius 1 is 1.36 bits per heavy atom. The number of rotatable bonds is 4. The third-order valence-electron chi connectivity index (χ3n) is 3.47. The molecule has 7 heteroatoms. The minimum atomic E-state index is -0.600. The van der Waals surface area contributed by atoms with Gasteiger partial charge < -0.3 is 10.4 Å². The lowest BCUT2D eigenvalue weighted by molar-refractivity contribution is -0.121. The van der Waals surface area contributed by atoms with Gasteiger partial charge >= 0.3 is 0 Å². The SMILES string of the molecule is Cc1cc(C)n2nc(CC(=O)NCC(O)C(C)(C)C)nc2n1. The predicted octanol–water partition coefficient (Wildman–Crippen LogP) is 0.807. The van der Waals surface area contributed by atoms with Crippen molar-refractivity contribution >= 4 is 11.7 Å². The summed E-state index contributed by atoms with van der Waals surface area (Å²) in [6.45, 7) is 9.78. The highest BCUT2D eigenvalue weighted by Gasteiger charge is 2.22. The minimum absolute atomic E-state index is 0.0682. The van der Waals surface area contributed by atoms with Gasteiger partial charge in [0, 0.05) is 17.9 Å². The Bertz CT molecular complexity index is 687. The zero-order chi connectivity index (χ0) is 16.5. The van der Waals surface area contributed by atoms with Crippen LogP contribution in [0.3, 0.4) is 0 Å². The number of nitrogens with one attached hydrogen (secondary N) is 1. The van der Waals surface area contributed by atoms with Crippen molar-refractivity contribution in [1.82, 2.24) is 24.9 Å². The number of aryl methyl sites for hydroxylation is 2. The molecule has 2 heterocycles. The molecule has 0 spiro atoms. The van der Waals surface area contributed by atoms with Crippen LogP contribution in [0.2, 0.25) is 0 Å². The van der Waals surface area contributed by atoms with Gasteiger partial charge in [-0.05, 0) is 25.3 Å². The van der Waals surface area contributed by atoms with E-state index in [0.29, 0.717) is 11.6 Å². The highest BCUT2D eigenvalue weighted by atomic mass is 16.3. The summed E-state index contributed by atoms with van der Waals surface area (Å²) in [5, 5.41) is 16.9. The molecule has 0 saturated heterocycles. The van der Waals surface area contributed by atoms with Gasteiger partial charge in [-0.3, -0.25) is 4.79 Å². The van der Waals surface area contributed by atoms with Crippen molar-refractivity contribution in [3.05, 3.63) is 23.3 Å². The van der Waals surface area contributed by atoms with Gasteiger partial charge in [-0.15, -0.1) is 5.10 Å². The highest BCUT2D eigenvalue weighted by molar-refractivity contribution is 5.77. The van der Waals surface area contributed by atoms with Crippen molar-refractivity contribution in [2.45, 2.75) is 47.1 Å². The van der Waals surface area contributed by atoms with E-state index in [0.717, 1.165) is 11.4 Å². The molecule has 2 aromatic rings. The van der Waals surface area contributed by atoms with Crippen LogP contribution in [-0.2, 0) is 11.2 Å². The Morgan fingerprint density at radius 3 is 2.68 bits per heavy atom. The molecule has 0 saturated carbocycles. The number of aliphatic hydroxyl groups is 1. The van der Waals surface area contributed by atoms with E-state index >= 15 is 0 Å². The van der Waals surface area contributed by atoms with Crippen molar-refractivity contribution < 1.29 is 9.90 Å². The topological polar surface area (TPSA) is 92.4 Å². The molecule has 0 aliphatic rings. The molecule has 1 amide bonds. The maximum atomic E-state index is 11.9. The van der Waals surface area contributed by atoms with Crippen molar-refractivity contribution in [1.29, 1.82) is 0 Å². The molecule has 0 aromatic carbocycles. The molecule has 7 nitrogen and oxygen atoms in total. The molecule has 0 fully saturated rings. The van der Waals surface area contributed by atoms with E-state index in [1.165, 1.54) is 0 Å². The van der Waals surface area contributed by atoms with Crippen LogP contribution in [0.25, 0.3) is 5.78 Å². The van der Waals surface area contributed by atoms with Gasteiger partial charge in [-0.1, -0.05) is 20.8 Å². The van der Waals surface area contributed by atoms with E-state index in [2.05, 4.69) is 20.4 Å². The molecule has 0 radical (unpaired) electrons. The monoisotopic (exact) mass is 305 g/mol. The zero-order valence-corrected chi connectivity index (χ0v) is 13.7. The molecule has 120 valence electrons. The molecule has 0 bridgehead atoms. The fraction of sp³-hybridized carbons (Fsp3) is 0.600. The summed E-state index contributed by atoms with van der Waals surface area (Å²) in [4.78, 5) is 20.5. The fourth-order valence-corrected chi connectivity index (χ4v) is 2.01. The highest BCUT2D eigenvalue weighted by Crippen LogP contribution is 2.18. The number of aromatic nitrogens is 4. The van der Waals surface area contributed by atoms with Crippen molar-refractivity contribution in [3.63, 3.8) is 0 Å². The normalized spacial score (nSPS) is 13.4. The zero-order valence-electron chi connectivity index (χ0n) is 13.7. The van der Waals surface area contributed by atoms with E-state index in [1.807, 2.05) is 40.7 Å². The molecular formula is C15H23N5O2. The van der Waals surface area contributed by atoms with Crippen LogP contribution in [0.4, 0.5) is 0 Å². The summed E-state index contributed by atoms with van der Waals surface area (Å²) >= 11 is 0. The quantitative estimate of drug-likeness (QED) is 0.872. The number of carbonyl (C=O) groups is 1. The minimum Gasteiger partial charge on any atom is -0.391 e. The standard InChI is InChI=1S/C15H23N5O2/c1-9-6-10(2)20-14(17-9)18-12(19-20)7-13(22)16-8-11(21)15(3,4)5/h6,11,21H,7-8H2,1-5H3,(H,16,22). The Morgan fingerprint density at radius 2 is 2.05 bits per heavy atom. The molecule has 0 aliphatic carbocycles. The number of hydrogen-bond acceptors (Lipinski definition) is 5. The van der Waals surface area contributed by atoms with E-state index in [-0.39, 0.29) is 24.3 Å². The Labute approximate surface area is 129 Å². The number of nitrogens with zero attached hydrogens (tertiary/aromatic N) is 4. The van der Waals surface area contributed by atoms with Gasteiger partial charge in [0.05, 0.1) is 12.5 Å². The fourth-order valence-electron chi connectivity index (χ4n) is 2.01. The summed E-state index contributed by atoms with van der Waals surface area (Å²) in [5.41, 5.74) is 1.51. The van der Waals surface area contributed by atoms with Crippen LogP contribution in [0.15, 0.2) is 6.07 Å². The maximum Gasteiger partial charge on any atom is 0.252 e. The molecular weight excluding hydrogens is 282 g/mol. The number of aliphatic hydroxyl groups excluding tert-OH is 1. The summed E-state index contributed by atoms with van der Waals surface area (Å²) in [7, 11) is 0. The largest absolute Gasteiger partial charge is 0.391 e. The lowest BCUT2D eigenvalue weighted by Crippen LogP contribution is -2.39. The van der Waals surface area contributed by atoms with Crippen molar-refractivity contribution in [3.8, 4) is 0 Å². The van der Waals surface area contributed by atoms with Crippen LogP contribution in [0.1, 0.15) is 38.0 Å². The molecule has 2 rings (SSSR count). The molecule has 1 unspecified atom stereocenters. The van der Waals surface area contributed by atoms with E-state index in [9.17, 15) is 9.90 Å². The molecule has 0 aliphatic heterocycles. The third-order valence-corrected chi connectivity index (χ3v) is 3.47. The second-order valence-corrected chi connectivity index (χ2v) is 6.64. The van der Waals surface area contributed by atoms with Crippen molar-refractivity contribution in [2.75, 3.05) is 6.54 Å². The third kappa shape index (κ3) is 3.79. The molecule has 22 heavy (non-hydrogen) atoms. The summed E-state index contributed by atoms with van der Waals surface area (Å²) in [6.07, 6.45) is -0.532. The first-order chi connectivity index (χ1) is 10.2. The Hall–Kier alpha value is -2.02. The first-order valence-electron chi connectivity index (χ1n) is 7.31. The van der Waals surface area contributed by atoms with Crippen LogP contribution in [0, 0.1) is 19.3 Å². The predicted molar refractivity (Wildman–Crippen MR) is 82.4 cm³/mol. The second-order valence-electron chi connectivity index (χ2n) is 6.64. The first-order valence-corrected chi connectivity index (χ1v) is 7.31. The van der Waals surface area contributed by atoms with E-state index in [1.54, 1.807) is 4.52 Å². The maximum absolute atomic E-state index is 11.9. The molecule has 2 N–H and O–H groups in total. The Balaban J connectivity index is 2.02. The number of fused-ring (bicyclic) bond motifs is 1. The molecule has 2 aromatic heterocycles. The number of hydrogen-bond donors (Lipinski definition) is 2. The van der Waals surface area contributed by atoms with Crippen LogP contribution in [-0.4, -0.2) is 43.2 Å². The number of carbonyl (C=O) groups excluding carboxylic acids is 1. The number of amides is 1. The summed E-state index contributed by atoms with van der Waals surface area (Å²) in [5.74, 6) is 0.701. The smallest absolute Gasteiger partial charge is 0.252 e. The van der Waals surface area contributed by atoms with Crippen LogP contribution in [0.5, 0.6) is 0 Å². The average molecular weight is 305 g/mol. The van der Waals surface area contributed by atoms with Gasteiger partial charge in [0.15, 0.2) is 5.82 Å². The lowest BCUT2D eigenvalue weighted by Gasteiger charge is -2.25. The first kappa shape index (κ1) is 16.4. The van der Waals surface area contributed by atoms with Crippen LogP contribution >= 0.6 is 0 Å². The van der Waals surface area contributed by atoms with Gasteiger partial charge in [0.1, 0.15) is 0 Å². The summed E-state index contributed by atoms with van der Waals surface area (Å²) < 4.78 is 1.62. The Kier molecular flexibility index (Phi) is 4.46. The molecule has 1 atom stereocenters. The van der Waals surface area contributed by atoms with Gasteiger partial charge in [0.2, 0.25) is 5.91 Å². The average Bonchev–Trinajstić information content (AvgIpc) is 2.77. The van der Waals surface area contributed by atoms with Gasteiger partial charge in [-0.2, -0.15) is 4.98 Å².